The van der Waals surface area contributed by atoms with Gasteiger partial charge >= 0.3 is 0 Å². The van der Waals surface area contributed by atoms with Crippen LogP contribution < -0.4 is 10.6 Å². The normalized spacial score (nSPS) is 13.3. The third-order valence-corrected chi connectivity index (χ3v) is 3.57. The molecule has 0 aromatic heterocycles. The number of rotatable bonds is 7. The van der Waals surface area contributed by atoms with Crippen LogP contribution in [0.2, 0.25) is 0 Å². The fourth-order valence-electron chi connectivity index (χ4n) is 2.27. The Morgan fingerprint density at radius 2 is 2.00 bits per heavy atom. The van der Waals surface area contributed by atoms with Gasteiger partial charge in [-0.15, -0.1) is 0 Å². The largest absolute Gasteiger partial charge is 0.355 e. The van der Waals surface area contributed by atoms with E-state index in [1.807, 2.05) is 6.07 Å². The van der Waals surface area contributed by atoms with Gasteiger partial charge in [0.15, 0.2) is 5.96 Å². The lowest BCUT2D eigenvalue weighted by atomic mass is 10.2. The van der Waals surface area contributed by atoms with Gasteiger partial charge in [-0.3, -0.25) is 9.89 Å². The molecule has 1 unspecified atom stereocenters. The highest BCUT2D eigenvalue weighted by Crippen LogP contribution is 2.02. The topological polar surface area (TPSA) is 39.7 Å². The lowest BCUT2D eigenvalue weighted by molar-refractivity contribution is 0.231. The minimum atomic E-state index is -0.215. The van der Waals surface area contributed by atoms with E-state index in [0.29, 0.717) is 12.6 Å². The third kappa shape index (κ3) is 6.12. The van der Waals surface area contributed by atoms with E-state index < -0.39 is 0 Å². The quantitative estimate of drug-likeness (QED) is 0.598. The fraction of sp³-hybridized carbons (Fsp3) is 0.562. The summed E-state index contributed by atoms with van der Waals surface area (Å²) < 4.78 is 13.1. The van der Waals surface area contributed by atoms with E-state index in [2.05, 4.69) is 41.3 Å². The first kappa shape index (κ1) is 17.4. The van der Waals surface area contributed by atoms with E-state index in [9.17, 15) is 4.39 Å². The molecule has 0 aliphatic rings. The van der Waals surface area contributed by atoms with Crippen LogP contribution in [0.15, 0.2) is 29.3 Å². The summed E-state index contributed by atoms with van der Waals surface area (Å²) in [6, 6.07) is 7.02. The molecular formula is C16H27FN4. The maximum Gasteiger partial charge on any atom is 0.191 e. The number of hydrogen-bond donors (Lipinski definition) is 2. The van der Waals surface area contributed by atoms with Gasteiger partial charge in [0, 0.05) is 26.2 Å². The van der Waals surface area contributed by atoms with Crippen molar-refractivity contribution in [1.82, 2.24) is 15.5 Å². The minimum Gasteiger partial charge on any atom is -0.355 e. The molecule has 0 bridgehead atoms. The predicted molar refractivity (Wildman–Crippen MR) is 87.0 cm³/mol. The highest BCUT2D eigenvalue weighted by molar-refractivity contribution is 5.79. The van der Waals surface area contributed by atoms with Crippen molar-refractivity contribution in [2.24, 2.45) is 4.99 Å². The van der Waals surface area contributed by atoms with Gasteiger partial charge in [0.25, 0.3) is 0 Å². The number of benzene rings is 1. The lowest BCUT2D eigenvalue weighted by Gasteiger charge is -2.27. The lowest BCUT2D eigenvalue weighted by Crippen LogP contribution is -2.45. The molecule has 1 rings (SSSR count). The zero-order valence-corrected chi connectivity index (χ0v) is 13.5. The number of guanidine groups is 1. The molecule has 0 aliphatic heterocycles. The monoisotopic (exact) mass is 294 g/mol. The second-order valence-electron chi connectivity index (χ2n) is 5.01. The average molecular weight is 294 g/mol. The van der Waals surface area contributed by atoms with Crippen molar-refractivity contribution in [1.29, 1.82) is 0 Å². The van der Waals surface area contributed by atoms with E-state index >= 15 is 0 Å². The van der Waals surface area contributed by atoms with Crippen molar-refractivity contribution in [3.05, 3.63) is 35.6 Å². The standard InChI is InChI=1S/C16H27FN4/c1-5-21(6-2)13(3)11-19-16(18-4)20-12-14-8-7-9-15(17)10-14/h7-10,13H,5-6,11-12H2,1-4H3,(H2,18,19,20). The van der Waals surface area contributed by atoms with Crippen molar-refractivity contribution in [3.63, 3.8) is 0 Å². The SMILES string of the molecule is CCN(CC)C(C)CNC(=NC)NCc1cccc(F)c1. The zero-order chi connectivity index (χ0) is 15.7. The van der Waals surface area contributed by atoms with Gasteiger partial charge in [-0.2, -0.15) is 0 Å². The molecule has 0 amide bonds. The Kier molecular flexibility index (Phi) is 7.75. The molecule has 0 saturated carbocycles. The van der Waals surface area contributed by atoms with Crippen molar-refractivity contribution in [2.75, 3.05) is 26.7 Å². The maximum absolute atomic E-state index is 13.1. The Balaban J connectivity index is 2.42. The molecular weight excluding hydrogens is 267 g/mol. The number of likely N-dealkylation sites (N-methyl/N-ethyl adjacent to an activating group) is 1. The number of hydrogen-bond acceptors (Lipinski definition) is 2. The summed E-state index contributed by atoms with van der Waals surface area (Å²) in [6.45, 7) is 9.97. The molecule has 1 atom stereocenters. The van der Waals surface area contributed by atoms with Crippen LogP contribution in [0.5, 0.6) is 0 Å². The first-order valence-electron chi connectivity index (χ1n) is 7.53. The maximum atomic E-state index is 13.1. The molecule has 5 heteroatoms. The summed E-state index contributed by atoms with van der Waals surface area (Å²) in [4.78, 5) is 6.57. The van der Waals surface area contributed by atoms with Crippen molar-refractivity contribution < 1.29 is 4.39 Å². The molecule has 1 aromatic rings. The van der Waals surface area contributed by atoms with Gasteiger partial charge in [0.2, 0.25) is 0 Å². The molecule has 4 nitrogen and oxygen atoms in total. The Labute approximate surface area is 127 Å². The molecule has 0 spiro atoms. The van der Waals surface area contributed by atoms with Crippen LogP contribution in [0, 0.1) is 5.82 Å². The van der Waals surface area contributed by atoms with Gasteiger partial charge in [-0.25, -0.2) is 4.39 Å². The van der Waals surface area contributed by atoms with Crippen LogP contribution in [0.4, 0.5) is 4.39 Å². The van der Waals surface area contributed by atoms with Crippen LogP contribution in [0.25, 0.3) is 0 Å². The number of nitrogens with one attached hydrogen (secondary N) is 2. The van der Waals surface area contributed by atoms with E-state index in [4.69, 9.17) is 0 Å². The van der Waals surface area contributed by atoms with Crippen LogP contribution in [0.1, 0.15) is 26.3 Å². The summed E-state index contributed by atoms with van der Waals surface area (Å²) in [7, 11) is 1.74. The van der Waals surface area contributed by atoms with Gasteiger partial charge < -0.3 is 10.6 Å². The fourth-order valence-corrected chi connectivity index (χ4v) is 2.27. The summed E-state index contributed by atoms with van der Waals surface area (Å²) in [5.41, 5.74) is 0.898. The Morgan fingerprint density at radius 1 is 1.29 bits per heavy atom. The van der Waals surface area contributed by atoms with Crippen molar-refractivity contribution in [2.45, 2.75) is 33.4 Å². The summed E-state index contributed by atoms with van der Waals surface area (Å²) >= 11 is 0. The molecule has 0 fully saturated rings. The predicted octanol–water partition coefficient (Wildman–Crippen LogP) is 2.22. The zero-order valence-electron chi connectivity index (χ0n) is 13.5. The van der Waals surface area contributed by atoms with Crippen LogP contribution >= 0.6 is 0 Å². The molecule has 0 saturated heterocycles. The van der Waals surface area contributed by atoms with Gasteiger partial charge in [0.05, 0.1) is 0 Å². The van der Waals surface area contributed by atoms with Gasteiger partial charge in [-0.1, -0.05) is 26.0 Å². The van der Waals surface area contributed by atoms with E-state index in [1.165, 1.54) is 12.1 Å². The molecule has 21 heavy (non-hydrogen) atoms. The average Bonchev–Trinajstić information content (AvgIpc) is 2.48. The Hall–Kier alpha value is -1.62. The van der Waals surface area contributed by atoms with Gasteiger partial charge in [0.1, 0.15) is 5.82 Å². The van der Waals surface area contributed by atoms with E-state index in [-0.39, 0.29) is 5.82 Å². The first-order chi connectivity index (χ1) is 10.1. The highest BCUT2D eigenvalue weighted by Gasteiger charge is 2.10. The summed E-state index contributed by atoms with van der Waals surface area (Å²) in [5.74, 6) is 0.519. The third-order valence-electron chi connectivity index (χ3n) is 3.57. The minimum absolute atomic E-state index is 0.215. The number of aliphatic imine (C=N–C) groups is 1. The Morgan fingerprint density at radius 3 is 2.57 bits per heavy atom. The van der Waals surface area contributed by atoms with E-state index in [0.717, 1.165) is 31.2 Å². The first-order valence-corrected chi connectivity index (χ1v) is 7.53. The highest BCUT2D eigenvalue weighted by atomic mass is 19.1. The molecule has 118 valence electrons. The number of nitrogens with zero attached hydrogens (tertiary/aromatic N) is 2. The molecule has 0 radical (unpaired) electrons. The van der Waals surface area contributed by atoms with Crippen LogP contribution in [-0.4, -0.2) is 43.6 Å². The molecule has 1 aromatic carbocycles. The van der Waals surface area contributed by atoms with Gasteiger partial charge in [-0.05, 0) is 37.7 Å². The molecule has 2 N–H and O–H groups in total. The summed E-state index contributed by atoms with van der Waals surface area (Å²) in [6.07, 6.45) is 0. The second kappa shape index (κ2) is 9.34. The van der Waals surface area contributed by atoms with Crippen molar-refractivity contribution >= 4 is 5.96 Å². The van der Waals surface area contributed by atoms with E-state index in [1.54, 1.807) is 13.1 Å². The van der Waals surface area contributed by atoms with Crippen molar-refractivity contribution in [3.8, 4) is 0 Å². The second-order valence-corrected chi connectivity index (χ2v) is 5.01. The summed E-state index contributed by atoms with van der Waals surface area (Å²) in [5, 5.41) is 6.50. The van der Waals surface area contributed by atoms with Crippen LogP contribution in [-0.2, 0) is 6.54 Å². The number of halogens is 1. The Bertz CT molecular complexity index is 444. The molecule has 0 aliphatic carbocycles. The van der Waals surface area contributed by atoms with Crippen LogP contribution in [0.3, 0.4) is 0 Å². The smallest absolute Gasteiger partial charge is 0.191 e. The molecule has 0 heterocycles.